The second kappa shape index (κ2) is 4.55. The molecule has 0 N–H and O–H groups in total. The molecule has 0 spiro atoms. The highest BCUT2D eigenvalue weighted by molar-refractivity contribution is 5.40. The topological polar surface area (TPSA) is 44.8 Å². The van der Waals surface area contributed by atoms with Crippen LogP contribution < -0.4 is 0 Å². The SMILES string of the molecule is C=C1CO[C@@H](C)O[C@@]1(OC=O)C1CCCC1. The summed E-state index contributed by atoms with van der Waals surface area (Å²) in [6, 6.07) is 0. The Hall–Kier alpha value is -0.870. The first-order chi connectivity index (χ1) is 7.69. The molecule has 0 bridgehead atoms. The molecule has 4 heteroatoms. The maximum Gasteiger partial charge on any atom is 0.295 e. The van der Waals surface area contributed by atoms with Crippen molar-refractivity contribution in [1.29, 1.82) is 0 Å². The van der Waals surface area contributed by atoms with Gasteiger partial charge in [-0.15, -0.1) is 0 Å². The summed E-state index contributed by atoms with van der Waals surface area (Å²) in [5.41, 5.74) is 0.713. The van der Waals surface area contributed by atoms with Gasteiger partial charge in [-0.05, 0) is 19.8 Å². The monoisotopic (exact) mass is 226 g/mol. The van der Waals surface area contributed by atoms with Crippen LogP contribution in [0.25, 0.3) is 0 Å². The van der Waals surface area contributed by atoms with E-state index in [1.807, 2.05) is 6.92 Å². The minimum atomic E-state index is -0.948. The molecule has 0 aromatic heterocycles. The van der Waals surface area contributed by atoms with Crippen LogP contribution in [0.5, 0.6) is 0 Å². The van der Waals surface area contributed by atoms with Gasteiger partial charge in [-0.1, -0.05) is 19.4 Å². The zero-order valence-electron chi connectivity index (χ0n) is 9.61. The van der Waals surface area contributed by atoms with Crippen LogP contribution in [0.3, 0.4) is 0 Å². The summed E-state index contributed by atoms with van der Waals surface area (Å²) in [6.07, 6.45) is 3.98. The molecule has 16 heavy (non-hydrogen) atoms. The summed E-state index contributed by atoms with van der Waals surface area (Å²) in [5, 5.41) is 0. The highest BCUT2D eigenvalue weighted by Gasteiger charge is 2.49. The summed E-state index contributed by atoms with van der Waals surface area (Å²) in [6.45, 7) is 6.60. The second-order valence-corrected chi connectivity index (χ2v) is 4.46. The molecular weight excluding hydrogens is 208 g/mol. The highest BCUT2D eigenvalue weighted by atomic mass is 16.8. The van der Waals surface area contributed by atoms with E-state index >= 15 is 0 Å². The third-order valence-corrected chi connectivity index (χ3v) is 3.44. The quantitative estimate of drug-likeness (QED) is 0.545. The molecular formula is C12H18O4. The van der Waals surface area contributed by atoms with Gasteiger partial charge in [0, 0.05) is 11.5 Å². The Bertz CT molecular complexity index is 283. The van der Waals surface area contributed by atoms with Gasteiger partial charge in [0.1, 0.15) is 0 Å². The molecule has 90 valence electrons. The number of ether oxygens (including phenoxy) is 3. The van der Waals surface area contributed by atoms with Crippen molar-refractivity contribution >= 4 is 6.47 Å². The molecule has 2 fully saturated rings. The minimum Gasteiger partial charge on any atom is -0.431 e. The molecule has 4 nitrogen and oxygen atoms in total. The number of carbonyl (C=O) groups excluding carboxylic acids is 1. The van der Waals surface area contributed by atoms with Crippen LogP contribution in [-0.4, -0.2) is 25.2 Å². The molecule has 2 aliphatic rings. The average molecular weight is 226 g/mol. The fourth-order valence-corrected chi connectivity index (χ4v) is 2.65. The summed E-state index contributed by atoms with van der Waals surface area (Å²) >= 11 is 0. The first-order valence-electron chi connectivity index (χ1n) is 5.78. The molecule has 1 aliphatic heterocycles. The lowest BCUT2D eigenvalue weighted by molar-refractivity contribution is -0.314. The lowest BCUT2D eigenvalue weighted by atomic mass is 9.90. The zero-order chi connectivity index (χ0) is 11.6. The Balaban J connectivity index is 2.23. The molecule has 0 unspecified atom stereocenters. The predicted octanol–water partition coefficient (Wildman–Crippen LogP) is 1.99. The van der Waals surface area contributed by atoms with Crippen LogP contribution in [0.1, 0.15) is 32.6 Å². The summed E-state index contributed by atoms with van der Waals surface area (Å²) in [7, 11) is 0. The van der Waals surface area contributed by atoms with Gasteiger partial charge in [-0.2, -0.15) is 0 Å². The summed E-state index contributed by atoms with van der Waals surface area (Å²) in [5.74, 6) is -0.729. The predicted molar refractivity (Wildman–Crippen MR) is 57.5 cm³/mol. The lowest BCUT2D eigenvalue weighted by Gasteiger charge is -2.43. The molecule has 1 saturated carbocycles. The van der Waals surface area contributed by atoms with Crippen LogP contribution in [0.4, 0.5) is 0 Å². The molecule has 2 rings (SSSR count). The first-order valence-corrected chi connectivity index (χ1v) is 5.78. The van der Waals surface area contributed by atoms with Crippen LogP contribution in [0, 0.1) is 5.92 Å². The fourth-order valence-electron chi connectivity index (χ4n) is 2.65. The van der Waals surface area contributed by atoms with Gasteiger partial charge in [-0.3, -0.25) is 4.79 Å². The molecule has 2 atom stereocenters. The van der Waals surface area contributed by atoms with E-state index in [1.54, 1.807) is 0 Å². The Morgan fingerprint density at radius 1 is 1.50 bits per heavy atom. The highest BCUT2D eigenvalue weighted by Crippen LogP contribution is 2.43. The van der Waals surface area contributed by atoms with E-state index in [0.29, 0.717) is 18.7 Å². The second-order valence-electron chi connectivity index (χ2n) is 4.46. The van der Waals surface area contributed by atoms with Crippen LogP contribution >= 0.6 is 0 Å². The molecule has 1 aliphatic carbocycles. The molecule has 0 radical (unpaired) electrons. The van der Waals surface area contributed by atoms with Crippen molar-refractivity contribution in [3.63, 3.8) is 0 Å². The molecule has 0 aromatic rings. The zero-order valence-corrected chi connectivity index (χ0v) is 9.61. The van der Waals surface area contributed by atoms with Crippen molar-refractivity contribution in [3.05, 3.63) is 12.2 Å². The van der Waals surface area contributed by atoms with Crippen molar-refractivity contribution < 1.29 is 19.0 Å². The van der Waals surface area contributed by atoms with Crippen molar-refractivity contribution in [1.82, 2.24) is 0 Å². The smallest absolute Gasteiger partial charge is 0.295 e. The van der Waals surface area contributed by atoms with E-state index in [4.69, 9.17) is 14.2 Å². The van der Waals surface area contributed by atoms with Crippen LogP contribution in [0.2, 0.25) is 0 Å². The number of hydrogen-bond donors (Lipinski definition) is 0. The van der Waals surface area contributed by atoms with E-state index in [2.05, 4.69) is 6.58 Å². The van der Waals surface area contributed by atoms with Crippen molar-refractivity contribution in [2.24, 2.45) is 5.92 Å². The van der Waals surface area contributed by atoms with E-state index in [9.17, 15) is 4.79 Å². The molecule has 0 amide bonds. The van der Waals surface area contributed by atoms with E-state index in [0.717, 1.165) is 25.7 Å². The van der Waals surface area contributed by atoms with E-state index < -0.39 is 5.79 Å². The van der Waals surface area contributed by atoms with Gasteiger partial charge in [0.15, 0.2) is 6.29 Å². The Kier molecular flexibility index (Phi) is 3.30. The molecule has 0 aromatic carbocycles. The third-order valence-electron chi connectivity index (χ3n) is 3.44. The normalized spacial score (nSPS) is 36.3. The van der Waals surface area contributed by atoms with E-state index in [1.165, 1.54) is 0 Å². The summed E-state index contributed by atoms with van der Waals surface area (Å²) in [4.78, 5) is 10.7. The maximum atomic E-state index is 10.7. The third kappa shape index (κ3) is 1.87. The maximum absolute atomic E-state index is 10.7. The van der Waals surface area contributed by atoms with Gasteiger partial charge in [-0.25, -0.2) is 0 Å². The average Bonchev–Trinajstić information content (AvgIpc) is 2.77. The summed E-state index contributed by atoms with van der Waals surface area (Å²) < 4.78 is 16.3. The number of hydrogen-bond acceptors (Lipinski definition) is 4. The van der Waals surface area contributed by atoms with Crippen molar-refractivity contribution in [2.75, 3.05) is 6.61 Å². The van der Waals surface area contributed by atoms with Gasteiger partial charge < -0.3 is 14.2 Å². The van der Waals surface area contributed by atoms with Crippen molar-refractivity contribution in [3.8, 4) is 0 Å². The number of rotatable bonds is 3. The Labute approximate surface area is 95.6 Å². The van der Waals surface area contributed by atoms with Gasteiger partial charge >= 0.3 is 0 Å². The fraction of sp³-hybridized carbons (Fsp3) is 0.750. The Morgan fingerprint density at radius 2 is 2.19 bits per heavy atom. The van der Waals surface area contributed by atoms with Gasteiger partial charge in [0.05, 0.1) is 6.61 Å². The lowest BCUT2D eigenvalue weighted by Crippen LogP contribution is -2.51. The standard InChI is InChI=1S/C12H18O4/c1-9-7-14-10(2)16-12(9,15-8-13)11-5-3-4-6-11/h8,10-11H,1,3-7H2,2H3/t10-,12-/m1/s1. The first kappa shape index (κ1) is 11.6. The van der Waals surface area contributed by atoms with Crippen molar-refractivity contribution in [2.45, 2.75) is 44.7 Å². The minimum absolute atomic E-state index is 0.219. The molecule has 1 saturated heterocycles. The van der Waals surface area contributed by atoms with Gasteiger partial charge in [0.2, 0.25) is 5.79 Å². The molecule has 1 heterocycles. The van der Waals surface area contributed by atoms with Gasteiger partial charge in [0.25, 0.3) is 6.47 Å². The Morgan fingerprint density at radius 3 is 2.81 bits per heavy atom. The largest absolute Gasteiger partial charge is 0.431 e. The van der Waals surface area contributed by atoms with Crippen LogP contribution in [0.15, 0.2) is 12.2 Å². The number of carbonyl (C=O) groups is 1. The van der Waals surface area contributed by atoms with E-state index in [-0.39, 0.29) is 12.2 Å². The van der Waals surface area contributed by atoms with Crippen LogP contribution in [-0.2, 0) is 19.0 Å².